The lowest BCUT2D eigenvalue weighted by molar-refractivity contribution is 0.227. The molecule has 0 amide bonds. The van der Waals surface area contributed by atoms with Crippen LogP contribution in [0.25, 0.3) is 0 Å². The third-order valence-electron chi connectivity index (χ3n) is 3.53. The molecule has 1 fully saturated rings. The Hall–Kier alpha value is -0.180. The van der Waals surface area contributed by atoms with Gasteiger partial charge in [0.1, 0.15) is 0 Å². The first-order valence-corrected chi connectivity index (χ1v) is 8.98. The molecule has 6 heteroatoms. The lowest BCUT2D eigenvalue weighted by Gasteiger charge is -2.36. The molecule has 2 rings (SSSR count). The van der Waals surface area contributed by atoms with Gasteiger partial charge in [-0.05, 0) is 66.6 Å². The smallest absolute Gasteiger partial charge is 0.243 e. The lowest BCUT2D eigenvalue weighted by atomic mass is 10.00. The van der Waals surface area contributed by atoms with Gasteiger partial charge in [-0.1, -0.05) is 6.42 Å². The van der Waals surface area contributed by atoms with Gasteiger partial charge in [-0.2, -0.15) is 4.31 Å². The number of hydrogen-bond donors (Lipinski definition) is 1. The predicted molar refractivity (Wildman–Crippen MR) is 84.3 cm³/mol. The maximum atomic E-state index is 12.7. The van der Waals surface area contributed by atoms with Crippen molar-refractivity contribution in [2.75, 3.05) is 6.54 Å². The van der Waals surface area contributed by atoms with Gasteiger partial charge in [0.15, 0.2) is 0 Å². The summed E-state index contributed by atoms with van der Waals surface area (Å²) in [4.78, 5) is 0.362. The Labute approximate surface area is 128 Å². The van der Waals surface area contributed by atoms with Crippen molar-refractivity contribution < 1.29 is 8.42 Å². The molecule has 1 aliphatic heterocycles. The van der Waals surface area contributed by atoms with E-state index in [4.69, 9.17) is 5.73 Å². The van der Waals surface area contributed by atoms with Gasteiger partial charge in [-0.3, -0.25) is 0 Å². The van der Waals surface area contributed by atoms with E-state index in [9.17, 15) is 8.42 Å². The third kappa shape index (κ3) is 3.29. The number of sulfonamides is 1. The number of benzene rings is 1. The van der Waals surface area contributed by atoms with E-state index in [1.807, 2.05) is 19.1 Å². The number of nitrogens with two attached hydrogens (primary N) is 1. The number of hydrogen-bond acceptors (Lipinski definition) is 3. The second kappa shape index (κ2) is 6.07. The lowest BCUT2D eigenvalue weighted by Crippen LogP contribution is -2.51. The molecule has 1 aliphatic rings. The van der Waals surface area contributed by atoms with E-state index < -0.39 is 10.0 Å². The second-order valence-corrected chi connectivity index (χ2v) is 8.13. The van der Waals surface area contributed by atoms with Crippen molar-refractivity contribution >= 4 is 32.6 Å². The molecule has 0 spiro atoms. The van der Waals surface area contributed by atoms with E-state index in [0.29, 0.717) is 11.4 Å². The van der Waals surface area contributed by atoms with Crippen molar-refractivity contribution in [3.05, 3.63) is 27.8 Å². The summed E-state index contributed by atoms with van der Waals surface area (Å²) in [6.45, 7) is 2.45. The molecule has 0 aromatic heterocycles. The number of halogens is 1. The van der Waals surface area contributed by atoms with Gasteiger partial charge in [0, 0.05) is 22.2 Å². The molecule has 0 aliphatic carbocycles. The molecule has 0 bridgehead atoms. The Bertz CT molecular complexity index is 528. The number of piperidine rings is 1. The normalized spacial score (nSPS) is 23.2. The zero-order chi connectivity index (χ0) is 14.0. The van der Waals surface area contributed by atoms with Gasteiger partial charge in [-0.25, -0.2) is 8.42 Å². The monoisotopic (exact) mass is 394 g/mol. The Morgan fingerprint density at radius 1 is 1.32 bits per heavy atom. The molecule has 2 N–H and O–H groups in total. The molecular formula is C13H19IN2O2S. The van der Waals surface area contributed by atoms with Crippen LogP contribution in [0.15, 0.2) is 29.2 Å². The van der Waals surface area contributed by atoms with Crippen molar-refractivity contribution in [3.63, 3.8) is 0 Å². The largest absolute Gasteiger partial charge is 0.326 e. The molecule has 0 saturated carbocycles. The number of rotatable bonds is 3. The number of nitrogens with zero attached hydrogens (tertiary/aromatic N) is 1. The van der Waals surface area contributed by atoms with E-state index in [1.165, 1.54) is 0 Å². The summed E-state index contributed by atoms with van der Waals surface area (Å²) in [6, 6.07) is 6.75. The van der Waals surface area contributed by atoms with Crippen LogP contribution in [0.4, 0.5) is 0 Å². The molecular weight excluding hydrogens is 375 g/mol. The van der Waals surface area contributed by atoms with Crippen molar-refractivity contribution in [1.82, 2.24) is 4.31 Å². The molecule has 1 aromatic rings. The first-order valence-electron chi connectivity index (χ1n) is 6.46. The average Bonchev–Trinajstić information content (AvgIpc) is 2.39. The van der Waals surface area contributed by atoms with Crippen LogP contribution in [-0.4, -0.2) is 31.4 Å². The van der Waals surface area contributed by atoms with Gasteiger partial charge in [0.05, 0.1) is 4.90 Å². The Kier molecular flexibility index (Phi) is 4.86. The first kappa shape index (κ1) is 15.2. The van der Waals surface area contributed by atoms with Gasteiger partial charge < -0.3 is 5.73 Å². The summed E-state index contributed by atoms with van der Waals surface area (Å²) in [5.74, 6) is 0. The van der Waals surface area contributed by atoms with Crippen LogP contribution >= 0.6 is 22.6 Å². The van der Waals surface area contributed by atoms with Crippen molar-refractivity contribution in [2.45, 2.75) is 43.2 Å². The highest BCUT2D eigenvalue weighted by atomic mass is 127. The van der Waals surface area contributed by atoms with Crippen LogP contribution in [0, 0.1) is 3.57 Å². The summed E-state index contributed by atoms with van der Waals surface area (Å²) in [7, 11) is -3.42. The molecule has 106 valence electrons. The minimum atomic E-state index is -3.42. The summed E-state index contributed by atoms with van der Waals surface area (Å²) in [5.41, 5.74) is 5.95. The zero-order valence-corrected chi connectivity index (χ0v) is 13.9. The molecule has 2 atom stereocenters. The zero-order valence-electron chi connectivity index (χ0n) is 10.9. The Morgan fingerprint density at radius 3 is 2.53 bits per heavy atom. The van der Waals surface area contributed by atoms with Gasteiger partial charge in [0.25, 0.3) is 0 Å². The molecule has 19 heavy (non-hydrogen) atoms. The van der Waals surface area contributed by atoms with Crippen molar-refractivity contribution in [2.24, 2.45) is 5.73 Å². The van der Waals surface area contributed by atoms with Gasteiger partial charge in [0.2, 0.25) is 10.0 Å². The fraction of sp³-hybridized carbons (Fsp3) is 0.538. The van der Waals surface area contributed by atoms with Crippen LogP contribution in [0.5, 0.6) is 0 Å². The summed E-state index contributed by atoms with van der Waals surface area (Å²) < 4.78 is 28.0. The summed E-state index contributed by atoms with van der Waals surface area (Å²) in [5, 5.41) is 0. The highest BCUT2D eigenvalue weighted by molar-refractivity contribution is 14.1. The van der Waals surface area contributed by atoms with Crippen LogP contribution in [0.2, 0.25) is 0 Å². The van der Waals surface area contributed by atoms with Crippen molar-refractivity contribution in [1.29, 1.82) is 0 Å². The average molecular weight is 394 g/mol. The second-order valence-electron chi connectivity index (χ2n) is 4.99. The highest BCUT2D eigenvalue weighted by Gasteiger charge is 2.35. The van der Waals surface area contributed by atoms with E-state index in [2.05, 4.69) is 22.6 Å². The van der Waals surface area contributed by atoms with E-state index in [-0.39, 0.29) is 12.1 Å². The fourth-order valence-corrected chi connectivity index (χ4v) is 4.63. The topological polar surface area (TPSA) is 63.4 Å². The molecule has 1 saturated heterocycles. The quantitative estimate of drug-likeness (QED) is 0.800. The predicted octanol–water partition coefficient (Wildman–Crippen LogP) is 2.18. The molecule has 1 aromatic carbocycles. The van der Waals surface area contributed by atoms with E-state index in [1.54, 1.807) is 16.4 Å². The molecule has 4 nitrogen and oxygen atoms in total. The molecule has 0 radical (unpaired) electrons. The standard InChI is InChI=1S/C13H19IN2O2S/c1-10(15)13-4-2-3-9-16(13)19(17,18)12-7-5-11(14)6-8-12/h5-8,10,13H,2-4,9,15H2,1H3. The minimum absolute atomic E-state index is 0.0852. The van der Waals surface area contributed by atoms with Crippen molar-refractivity contribution in [3.8, 4) is 0 Å². The Morgan fingerprint density at radius 2 is 1.95 bits per heavy atom. The molecule has 2 unspecified atom stereocenters. The maximum Gasteiger partial charge on any atom is 0.243 e. The van der Waals surface area contributed by atoms with Crippen LogP contribution in [-0.2, 0) is 10.0 Å². The Balaban J connectivity index is 2.34. The highest BCUT2D eigenvalue weighted by Crippen LogP contribution is 2.26. The van der Waals surface area contributed by atoms with E-state index in [0.717, 1.165) is 22.8 Å². The third-order valence-corrected chi connectivity index (χ3v) is 6.18. The maximum absolute atomic E-state index is 12.7. The van der Waals surface area contributed by atoms with Crippen LogP contribution in [0.3, 0.4) is 0 Å². The summed E-state index contributed by atoms with van der Waals surface area (Å²) in [6.07, 6.45) is 2.80. The SMILES string of the molecule is CC(N)C1CCCCN1S(=O)(=O)c1ccc(I)cc1. The van der Waals surface area contributed by atoms with Gasteiger partial charge >= 0.3 is 0 Å². The fourth-order valence-electron chi connectivity index (χ4n) is 2.50. The summed E-state index contributed by atoms with van der Waals surface area (Å²) >= 11 is 2.17. The molecule has 1 heterocycles. The van der Waals surface area contributed by atoms with E-state index >= 15 is 0 Å². The minimum Gasteiger partial charge on any atom is -0.326 e. The van der Waals surface area contributed by atoms with Gasteiger partial charge in [-0.15, -0.1) is 0 Å². The first-order chi connectivity index (χ1) is 8.93. The van der Waals surface area contributed by atoms with Crippen LogP contribution < -0.4 is 5.73 Å². The van der Waals surface area contributed by atoms with Crippen LogP contribution in [0.1, 0.15) is 26.2 Å².